The zero-order chi connectivity index (χ0) is 28.8. The summed E-state index contributed by atoms with van der Waals surface area (Å²) < 4.78 is 57.5. The van der Waals surface area contributed by atoms with Gasteiger partial charge in [0.2, 0.25) is 0 Å². The first-order valence-electron chi connectivity index (χ1n) is 12.3. The summed E-state index contributed by atoms with van der Waals surface area (Å²) >= 11 is 0.0681. The predicted octanol–water partition coefficient (Wildman–Crippen LogP) is 7.91. The molecule has 0 radical (unpaired) electrons. The van der Waals surface area contributed by atoms with Crippen molar-refractivity contribution in [2.75, 3.05) is 0 Å². The molecule has 3 atom stereocenters. The number of pyridine rings is 1. The van der Waals surface area contributed by atoms with Crippen molar-refractivity contribution >= 4 is 38.4 Å². The fourth-order valence-corrected chi connectivity index (χ4v) is 6.32. The van der Waals surface area contributed by atoms with Crippen molar-refractivity contribution in [3.05, 3.63) is 95.0 Å². The van der Waals surface area contributed by atoms with Gasteiger partial charge in [-0.2, -0.15) is 13.2 Å². The van der Waals surface area contributed by atoms with Gasteiger partial charge in [0.05, 0.1) is 5.69 Å². The molecule has 2 aromatic carbocycles. The second-order valence-electron chi connectivity index (χ2n) is 10.7. The van der Waals surface area contributed by atoms with E-state index in [0.717, 1.165) is 38.6 Å². The van der Waals surface area contributed by atoms with Gasteiger partial charge >= 0.3 is 6.18 Å². The molecule has 2 aromatic heterocycles. The minimum absolute atomic E-state index is 0.288. The van der Waals surface area contributed by atoms with Crippen molar-refractivity contribution < 1.29 is 22.8 Å². The summed E-state index contributed by atoms with van der Waals surface area (Å²) in [7, 11) is 0. The third kappa shape index (κ3) is 5.93. The second kappa shape index (κ2) is 10.7. The molecule has 4 aromatic rings. The molecule has 0 spiro atoms. The molecule has 0 saturated heterocycles. The average molecular weight is 573 g/mol. The Balaban J connectivity index is 1.87. The number of alkyl halides is 3. The number of allylic oxidation sites excluding steroid dienone is 1. The van der Waals surface area contributed by atoms with Gasteiger partial charge in [-0.15, -0.1) is 16.1 Å². The number of nitrogens with one attached hydrogen (secondary N) is 1. The lowest BCUT2D eigenvalue weighted by Crippen LogP contribution is -2.41. The highest BCUT2D eigenvalue weighted by atomic mass is 32.2. The first kappa shape index (κ1) is 29.3. The monoisotopic (exact) mass is 572 g/mol. The Morgan fingerprint density at radius 1 is 1.05 bits per heavy atom. The standard InChI is InChI=1S/C30H31F3N2O2S2/c1-18(2)21-11-7-8-12-22(21)26(35-39(37)28(3,4)5)25-16-19-10-9-13-23(27(19)38-25)24-17-20(14-15-34-24)29(6,36)30(31,32)33/h7-17,26,35-36H,1H2,2-6H3/t26-,29-,39?/m1/s1. The van der Waals surface area contributed by atoms with Crippen LogP contribution in [0.1, 0.15) is 62.2 Å². The summed E-state index contributed by atoms with van der Waals surface area (Å²) in [4.78, 5) is 5.23. The molecule has 0 bridgehead atoms. The first-order valence-corrected chi connectivity index (χ1v) is 14.3. The van der Waals surface area contributed by atoms with E-state index in [2.05, 4.69) is 16.3 Å². The van der Waals surface area contributed by atoms with Gasteiger partial charge in [0, 0.05) is 32.7 Å². The maximum atomic E-state index is 13.5. The van der Waals surface area contributed by atoms with Crippen molar-refractivity contribution in [1.82, 2.24) is 9.71 Å². The highest BCUT2D eigenvalue weighted by molar-refractivity contribution is 7.90. The van der Waals surface area contributed by atoms with Crippen molar-refractivity contribution in [3.8, 4) is 11.3 Å². The molecule has 0 aliphatic rings. The highest BCUT2D eigenvalue weighted by Gasteiger charge is 2.51. The van der Waals surface area contributed by atoms with Crippen LogP contribution in [0.2, 0.25) is 0 Å². The van der Waals surface area contributed by atoms with Crippen LogP contribution in [-0.2, 0) is 17.0 Å². The van der Waals surface area contributed by atoms with Crippen LogP contribution in [0.5, 0.6) is 0 Å². The number of thiophene rings is 1. The van der Waals surface area contributed by atoms with Gasteiger partial charge in [-0.1, -0.05) is 54.6 Å². The van der Waals surface area contributed by atoms with E-state index in [4.69, 9.17) is 0 Å². The number of rotatable bonds is 7. The maximum Gasteiger partial charge on any atom is 0.421 e. The third-order valence-electron chi connectivity index (χ3n) is 6.51. The Labute approximate surface area is 233 Å². The van der Waals surface area contributed by atoms with Crippen LogP contribution < -0.4 is 4.72 Å². The Morgan fingerprint density at radius 3 is 2.38 bits per heavy atom. The summed E-state index contributed by atoms with van der Waals surface area (Å²) in [6, 6.07) is 17.4. The van der Waals surface area contributed by atoms with E-state index < -0.39 is 33.9 Å². The first-order chi connectivity index (χ1) is 18.1. The molecule has 206 valence electrons. The summed E-state index contributed by atoms with van der Waals surface area (Å²) in [5.41, 5.74) is 0.410. The normalized spacial score (nSPS) is 15.6. The van der Waals surface area contributed by atoms with Crippen LogP contribution >= 0.6 is 11.3 Å². The van der Waals surface area contributed by atoms with Gasteiger partial charge in [-0.05, 0) is 74.9 Å². The second-order valence-corrected chi connectivity index (χ2v) is 13.8. The molecule has 4 rings (SSSR count). The van der Waals surface area contributed by atoms with E-state index in [-0.39, 0.29) is 5.56 Å². The number of hydrogen-bond acceptors (Lipinski definition) is 5. The molecule has 0 saturated carbocycles. The number of hydrogen-bond donors (Lipinski definition) is 2. The molecule has 1 unspecified atom stereocenters. The lowest BCUT2D eigenvalue weighted by Gasteiger charge is -2.28. The van der Waals surface area contributed by atoms with Crippen molar-refractivity contribution in [2.24, 2.45) is 0 Å². The average Bonchev–Trinajstić information content (AvgIpc) is 3.30. The summed E-state index contributed by atoms with van der Waals surface area (Å²) in [5, 5.41) is 11.1. The largest absolute Gasteiger partial charge is 0.598 e. The van der Waals surface area contributed by atoms with E-state index in [9.17, 15) is 22.8 Å². The summed E-state index contributed by atoms with van der Waals surface area (Å²) in [6.07, 6.45) is -3.57. The number of halogens is 3. The van der Waals surface area contributed by atoms with Crippen molar-refractivity contribution in [3.63, 3.8) is 0 Å². The summed E-state index contributed by atoms with van der Waals surface area (Å²) in [6.45, 7) is 12.5. The molecule has 2 N–H and O–H groups in total. The molecule has 0 amide bonds. The van der Waals surface area contributed by atoms with E-state index in [1.165, 1.54) is 29.7 Å². The molecule has 0 aliphatic carbocycles. The van der Waals surface area contributed by atoms with Gasteiger partial charge in [-0.25, -0.2) is 0 Å². The number of benzene rings is 2. The Bertz CT molecular complexity index is 1510. The van der Waals surface area contributed by atoms with E-state index >= 15 is 0 Å². The zero-order valence-corrected chi connectivity index (χ0v) is 24.0. The van der Waals surface area contributed by atoms with Gasteiger partial charge in [0.15, 0.2) is 5.60 Å². The predicted molar refractivity (Wildman–Crippen MR) is 155 cm³/mol. The molecule has 0 fully saturated rings. The lowest BCUT2D eigenvalue weighted by molar-refractivity contribution is -0.258. The van der Waals surface area contributed by atoms with Crippen LogP contribution in [0.25, 0.3) is 26.9 Å². The molecule has 39 heavy (non-hydrogen) atoms. The van der Waals surface area contributed by atoms with Crippen LogP contribution in [0.3, 0.4) is 0 Å². The Morgan fingerprint density at radius 2 is 1.74 bits per heavy atom. The molecular weight excluding hydrogens is 541 g/mol. The van der Waals surface area contributed by atoms with Gasteiger partial charge in [-0.3, -0.25) is 4.98 Å². The van der Waals surface area contributed by atoms with Gasteiger partial charge < -0.3 is 9.66 Å². The van der Waals surface area contributed by atoms with Crippen LogP contribution in [-0.4, -0.2) is 25.6 Å². The fourth-order valence-electron chi connectivity index (χ4n) is 4.17. The smallest absolute Gasteiger partial charge is 0.421 e. The number of aliphatic hydroxyl groups is 1. The lowest BCUT2D eigenvalue weighted by atomic mass is 9.94. The van der Waals surface area contributed by atoms with E-state index in [0.29, 0.717) is 11.3 Å². The molecule has 2 heterocycles. The fraction of sp³-hybridized carbons (Fsp3) is 0.300. The number of aromatic nitrogens is 1. The van der Waals surface area contributed by atoms with Gasteiger partial charge in [0.25, 0.3) is 0 Å². The van der Waals surface area contributed by atoms with Gasteiger partial charge in [0.1, 0.15) is 10.8 Å². The topological polar surface area (TPSA) is 68.2 Å². The van der Waals surface area contributed by atoms with E-state index in [1.807, 2.05) is 70.2 Å². The third-order valence-corrected chi connectivity index (χ3v) is 9.32. The molecular formula is C30H31F3N2O2S2. The Hall–Kier alpha value is -2.69. The van der Waals surface area contributed by atoms with Crippen LogP contribution in [0, 0.1) is 0 Å². The molecule has 0 aliphatic heterocycles. The quantitative estimate of drug-likeness (QED) is 0.221. The molecule has 4 nitrogen and oxygen atoms in total. The maximum absolute atomic E-state index is 13.5. The van der Waals surface area contributed by atoms with Crippen LogP contribution in [0.15, 0.2) is 73.4 Å². The van der Waals surface area contributed by atoms with Crippen molar-refractivity contribution in [1.29, 1.82) is 0 Å². The zero-order valence-electron chi connectivity index (χ0n) is 22.4. The summed E-state index contributed by atoms with van der Waals surface area (Å²) in [5.74, 6) is 0. The minimum Gasteiger partial charge on any atom is -0.598 e. The number of fused-ring (bicyclic) bond motifs is 1. The van der Waals surface area contributed by atoms with Crippen molar-refractivity contribution in [2.45, 2.75) is 57.2 Å². The highest BCUT2D eigenvalue weighted by Crippen LogP contribution is 2.42. The SMILES string of the molecule is C=C(C)c1ccccc1[C@@H](N[S+]([O-])C(C)(C)C)c1cc2cccc(-c3cc([C@@](C)(O)C(F)(F)F)ccn3)c2s1. The van der Waals surface area contributed by atoms with E-state index in [1.54, 1.807) is 6.07 Å². The molecule has 9 heteroatoms. The van der Waals surface area contributed by atoms with Crippen LogP contribution in [0.4, 0.5) is 13.2 Å². The number of nitrogens with zero attached hydrogens (tertiary/aromatic N) is 1. The Kier molecular flexibility index (Phi) is 8.04. The minimum atomic E-state index is -4.84.